The Morgan fingerprint density at radius 1 is 1.22 bits per heavy atom. The Morgan fingerprint density at radius 3 is 2.53 bits per heavy atom. The number of hydrogen-bond donors (Lipinski definition) is 5. The van der Waals surface area contributed by atoms with Crippen molar-refractivity contribution in [3.05, 3.63) is 0 Å². The number of aliphatic hydroxyl groups excluding tert-OH is 3. The Labute approximate surface area is 200 Å². The highest BCUT2D eigenvalue weighted by molar-refractivity contribution is 7.99. The first-order chi connectivity index (χ1) is 15.4. The molecule has 0 aromatic rings. The van der Waals surface area contributed by atoms with Crippen LogP contribution in [-0.4, -0.2) is 106 Å². The molecule has 32 heavy (non-hydrogen) atoms. The van der Waals surface area contributed by atoms with Gasteiger partial charge in [0.1, 0.15) is 24.4 Å². The lowest BCUT2D eigenvalue weighted by atomic mass is 9.85. The van der Waals surface area contributed by atoms with E-state index in [1.54, 1.807) is 11.8 Å². The minimum absolute atomic E-state index is 0.244. The van der Waals surface area contributed by atoms with Crippen LogP contribution in [0.1, 0.15) is 44.9 Å². The average Bonchev–Trinajstić information content (AvgIpc) is 2.79. The molecule has 1 saturated heterocycles. The molecule has 4 N–H and O–H groups in total. The van der Waals surface area contributed by atoms with Crippen LogP contribution in [0.2, 0.25) is 0 Å². The van der Waals surface area contributed by atoms with E-state index in [0.29, 0.717) is 13.0 Å². The normalized spacial score (nSPS) is 30.5. The lowest BCUT2D eigenvalue weighted by Crippen LogP contribution is -2.64. The molecule has 188 valence electrons. The summed E-state index contributed by atoms with van der Waals surface area (Å²) in [6.07, 6.45) is -0.849. The van der Waals surface area contributed by atoms with Crippen molar-refractivity contribution in [1.29, 1.82) is 0 Å². The molecule has 0 bridgehead atoms. The predicted octanol–water partition coefficient (Wildman–Crippen LogP) is 1.15. The van der Waals surface area contributed by atoms with Crippen LogP contribution in [-0.2, 0) is 19.1 Å². The molecule has 0 radical (unpaired) electrons. The van der Waals surface area contributed by atoms with E-state index in [1.807, 2.05) is 0 Å². The molecule has 1 aliphatic heterocycles. The maximum absolute atomic E-state index is 11.9. The van der Waals surface area contributed by atoms with Crippen LogP contribution >= 0.6 is 24.4 Å². The van der Waals surface area contributed by atoms with E-state index < -0.39 is 49.3 Å². The molecular formula is C21H39NO8S2. The zero-order valence-electron chi connectivity index (χ0n) is 18.8. The molecule has 11 heteroatoms. The number of aliphatic carboxylic acids is 1. The molecule has 2 fully saturated rings. The predicted molar refractivity (Wildman–Crippen MR) is 125 cm³/mol. The van der Waals surface area contributed by atoms with Crippen LogP contribution in [0, 0.1) is 5.92 Å². The number of thioether (sulfide) groups is 1. The molecule has 1 saturated carbocycles. The van der Waals surface area contributed by atoms with Gasteiger partial charge in [-0.25, -0.2) is 4.79 Å². The van der Waals surface area contributed by atoms with E-state index in [4.69, 9.17) is 14.3 Å². The highest BCUT2D eigenvalue weighted by Gasteiger charge is 2.49. The van der Waals surface area contributed by atoms with Crippen LogP contribution in [0.25, 0.3) is 0 Å². The van der Waals surface area contributed by atoms with Gasteiger partial charge in [0.25, 0.3) is 0 Å². The van der Waals surface area contributed by atoms with Gasteiger partial charge in [0.05, 0.1) is 13.7 Å². The number of hydrogen-bond acceptors (Lipinski definition) is 10. The number of rotatable bonds is 14. The molecule has 1 aliphatic carbocycles. The molecule has 4 unspecified atom stereocenters. The van der Waals surface area contributed by atoms with Crippen molar-refractivity contribution < 1.29 is 39.5 Å². The van der Waals surface area contributed by atoms with Gasteiger partial charge in [-0.1, -0.05) is 32.1 Å². The maximum Gasteiger partial charge on any atom is 0.332 e. The van der Waals surface area contributed by atoms with Crippen LogP contribution in [0.15, 0.2) is 0 Å². The number of aliphatic hydroxyl groups is 3. The molecule has 0 amide bonds. The molecule has 0 spiro atoms. The lowest BCUT2D eigenvalue weighted by Gasteiger charge is -2.45. The largest absolute Gasteiger partial charge is 0.479 e. The monoisotopic (exact) mass is 497 g/mol. The zero-order chi connectivity index (χ0) is 23.5. The first-order valence-electron chi connectivity index (χ1n) is 11.4. The zero-order valence-corrected chi connectivity index (χ0v) is 20.5. The van der Waals surface area contributed by atoms with Crippen molar-refractivity contribution >= 4 is 30.4 Å². The molecule has 2 rings (SSSR count). The molecule has 0 aromatic heterocycles. The van der Waals surface area contributed by atoms with Gasteiger partial charge in [0, 0.05) is 12.3 Å². The minimum atomic E-state index is -1.37. The smallest absolute Gasteiger partial charge is 0.332 e. The first-order valence-corrected chi connectivity index (χ1v) is 13.2. The second-order valence-electron chi connectivity index (χ2n) is 8.41. The van der Waals surface area contributed by atoms with Crippen LogP contribution < -0.4 is 0 Å². The van der Waals surface area contributed by atoms with Gasteiger partial charge >= 0.3 is 5.97 Å². The lowest BCUT2D eigenvalue weighted by molar-refractivity contribution is -0.335. The molecule has 9 nitrogen and oxygen atoms in total. The highest BCUT2D eigenvalue weighted by Crippen LogP contribution is 2.31. The molecule has 6 atom stereocenters. The summed E-state index contributed by atoms with van der Waals surface area (Å²) in [6, 6.07) is 0. The van der Waals surface area contributed by atoms with E-state index >= 15 is 0 Å². The second kappa shape index (κ2) is 15.0. The number of nitrogens with zero attached hydrogens (tertiary/aromatic N) is 1. The van der Waals surface area contributed by atoms with E-state index in [2.05, 4.69) is 12.6 Å². The number of carboxylic acid groups (broad SMARTS) is 1. The SMILES string of the molecule is CON(CCCSCCS)[C@@H]1OC(CO)[C@H](O)C(OC(CC2CCCCC2)C(=O)O)C1O. The fraction of sp³-hybridized carbons (Fsp3) is 0.952. The summed E-state index contributed by atoms with van der Waals surface area (Å²) in [6.45, 7) is -0.0524. The van der Waals surface area contributed by atoms with Crippen molar-refractivity contribution in [3.8, 4) is 0 Å². The fourth-order valence-corrected chi connectivity index (χ4v) is 5.46. The van der Waals surface area contributed by atoms with E-state index in [9.17, 15) is 25.2 Å². The van der Waals surface area contributed by atoms with Crippen LogP contribution in [0.3, 0.4) is 0 Å². The molecule has 2 aliphatic rings. The van der Waals surface area contributed by atoms with Crippen molar-refractivity contribution in [1.82, 2.24) is 5.06 Å². The number of carbonyl (C=O) groups is 1. The van der Waals surface area contributed by atoms with Gasteiger partial charge in [-0.2, -0.15) is 29.5 Å². The summed E-state index contributed by atoms with van der Waals surface area (Å²) >= 11 is 5.94. The third kappa shape index (κ3) is 8.28. The summed E-state index contributed by atoms with van der Waals surface area (Å²) < 4.78 is 11.5. The molecule has 0 aromatic carbocycles. The van der Waals surface area contributed by atoms with E-state index in [1.165, 1.54) is 12.2 Å². The molecular weight excluding hydrogens is 458 g/mol. The van der Waals surface area contributed by atoms with Crippen molar-refractivity contribution in [2.45, 2.75) is 81.7 Å². The third-order valence-electron chi connectivity index (χ3n) is 6.13. The van der Waals surface area contributed by atoms with Gasteiger partial charge < -0.3 is 29.9 Å². The van der Waals surface area contributed by atoms with E-state index in [0.717, 1.165) is 55.8 Å². The van der Waals surface area contributed by atoms with Gasteiger partial charge in [-0.15, -0.1) is 0 Å². The van der Waals surface area contributed by atoms with Gasteiger partial charge in [0.15, 0.2) is 12.3 Å². The van der Waals surface area contributed by atoms with Crippen LogP contribution in [0.5, 0.6) is 0 Å². The number of ether oxygens (including phenoxy) is 2. The Hall–Kier alpha value is -0.110. The standard InChI is InChI=1S/C21H39NO8S2/c1-28-22(8-5-10-32-11-9-31)20-18(25)19(17(24)16(13-23)30-20)29-15(21(26)27)12-14-6-3-2-4-7-14/h14-20,23-25,31H,2-13H2,1H3,(H,26,27)/t15?,16?,17-,18?,19?,20+/m0/s1. The Morgan fingerprint density at radius 2 is 1.94 bits per heavy atom. The Balaban J connectivity index is 2.06. The number of thiol groups is 1. The quantitative estimate of drug-likeness (QED) is 0.135. The molecule has 1 heterocycles. The van der Waals surface area contributed by atoms with E-state index in [-0.39, 0.29) is 5.92 Å². The maximum atomic E-state index is 11.9. The summed E-state index contributed by atoms with van der Waals surface area (Å²) in [7, 11) is 1.45. The number of hydroxylamine groups is 2. The van der Waals surface area contributed by atoms with Gasteiger partial charge in [-0.05, 0) is 30.3 Å². The van der Waals surface area contributed by atoms with Crippen molar-refractivity contribution in [2.75, 3.05) is 37.5 Å². The highest BCUT2D eigenvalue weighted by atomic mass is 32.2. The topological polar surface area (TPSA) is 129 Å². The first kappa shape index (κ1) is 28.1. The van der Waals surface area contributed by atoms with Crippen molar-refractivity contribution in [3.63, 3.8) is 0 Å². The van der Waals surface area contributed by atoms with Gasteiger partial charge in [-0.3, -0.25) is 4.84 Å². The summed E-state index contributed by atoms with van der Waals surface area (Å²) in [5, 5.41) is 42.5. The average molecular weight is 498 g/mol. The number of carboxylic acids is 1. The van der Waals surface area contributed by atoms with Crippen molar-refractivity contribution in [2.24, 2.45) is 5.92 Å². The Bertz CT molecular complexity index is 540. The third-order valence-corrected chi connectivity index (χ3v) is 7.73. The Kier molecular flexibility index (Phi) is 13.2. The minimum Gasteiger partial charge on any atom is -0.479 e. The fourth-order valence-electron chi connectivity index (χ4n) is 4.41. The summed E-state index contributed by atoms with van der Waals surface area (Å²) in [5.74, 6) is 1.73. The summed E-state index contributed by atoms with van der Waals surface area (Å²) in [5.41, 5.74) is 0. The summed E-state index contributed by atoms with van der Waals surface area (Å²) in [4.78, 5) is 17.3. The van der Waals surface area contributed by atoms with Crippen LogP contribution in [0.4, 0.5) is 0 Å². The van der Waals surface area contributed by atoms with Gasteiger partial charge in [0.2, 0.25) is 0 Å². The second-order valence-corrected chi connectivity index (χ2v) is 10.1.